The molecular weight excluding hydrogens is 384 g/mol. The van der Waals surface area contributed by atoms with Gasteiger partial charge in [0.15, 0.2) is 11.5 Å². The van der Waals surface area contributed by atoms with Gasteiger partial charge in [0.1, 0.15) is 17.7 Å². The third-order valence-electron chi connectivity index (χ3n) is 5.30. The number of nitrogens with zero attached hydrogens (tertiary/aromatic N) is 4. The van der Waals surface area contributed by atoms with E-state index in [4.69, 9.17) is 14.2 Å². The first-order chi connectivity index (χ1) is 14.7. The third kappa shape index (κ3) is 3.45. The lowest BCUT2D eigenvalue weighted by Gasteiger charge is -2.36. The van der Waals surface area contributed by atoms with Gasteiger partial charge in [-0.2, -0.15) is 0 Å². The lowest BCUT2D eigenvalue weighted by Crippen LogP contribution is -2.49. The summed E-state index contributed by atoms with van der Waals surface area (Å²) in [6, 6.07) is 11.2. The number of carbonyl (C=O) groups excluding carboxylic acids is 1. The first-order valence-corrected chi connectivity index (χ1v) is 9.71. The van der Waals surface area contributed by atoms with Crippen LogP contribution in [0, 0.1) is 0 Å². The Morgan fingerprint density at radius 2 is 1.60 bits per heavy atom. The number of rotatable bonds is 5. The SMILES string of the molecule is COc1cc2c(N3CCN(C(=O)c4ccccc4)CC3)ncnc2c(OC)c1OC. The second-order valence-electron chi connectivity index (χ2n) is 6.88. The monoisotopic (exact) mass is 408 g/mol. The first kappa shape index (κ1) is 19.8. The molecule has 4 rings (SSSR count). The molecule has 0 bridgehead atoms. The van der Waals surface area contributed by atoms with Gasteiger partial charge in [0.05, 0.1) is 26.7 Å². The number of methoxy groups -OCH3 is 3. The van der Waals surface area contributed by atoms with E-state index in [0.29, 0.717) is 54.5 Å². The molecule has 1 aromatic heterocycles. The van der Waals surface area contributed by atoms with Crippen LogP contribution in [0.2, 0.25) is 0 Å². The highest BCUT2D eigenvalue weighted by atomic mass is 16.5. The molecule has 0 radical (unpaired) electrons. The van der Waals surface area contributed by atoms with Gasteiger partial charge < -0.3 is 24.0 Å². The molecular formula is C22H24N4O4. The van der Waals surface area contributed by atoms with Crippen LogP contribution in [0.25, 0.3) is 10.9 Å². The highest BCUT2D eigenvalue weighted by Crippen LogP contribution is 2.44. The summed E-state index contributed by atoms with van der Waals surface area (Å²) in [5.74, 6) is 2.39. The molecule has 1 aliphatic heterocycles. The fourth-order valence-corrected chi connectivity index (χ4v) is 3.79. The van der Waals surface area contributed by atoms with Crippen LogP contribution in [-0.4, -0.2) is 68.3 Å². The molecule has 156 valence electrons. The van der Waals surface area contributed by atoms with Crippen molar-refractivity contribution < 1.29 is 19.0 Å². The van der Waals surface area contributed by atoms with E-state index in [1.54, 1.807) is 21.3 Å². The van der Waals surface area contributed by atoms with Crippen LogP contribution in [-0.2, 0) is 0 Å². The van der Waals surface area contributed by atoms with Crippen molar-refractivity contribution in [1.29, 1.82) is 0 Å². The van der Waals surface area contributed by atoms with E-state index >= 15 is 0 Å². The van der Waals surface area contributed by atoms with E-state index in [9.17, 15) is 4.79 Å². The van der Waals surface area contributed by atoms with E-state index in [1.807, 2.05) is 41.3 Å². The van der Waals surface area contributed by atoms with Crippen LogP contribution in [0.15, 0.2) is 42.7 Å². The predicted octanol–water partition coefficient (Wildman–Crippen LogP) is 2.62. The largest absolute Gasteiger partial charge is 0.493 e. The van der Waals surface area contributed by atoms with Crippen molar-refractivity contribution in [2.45, 2.75) is 0 Å². The predicted molar refractivity (Wildman–Crippen MR) is 114 cm³/mol. The van der Waals surface area contributed by atoms with Gasteiger partial charge in [0.2, 0.25) is 5.75 Å². The van der Waals surface area contributed by atoms with Gasteiger partial charge in [-0.1, -0.05) is 18.2 Å². The van der Waals surface area contributed by atoms with Gasteiger partial charge in [-0.25, -0.2) is 9.97 Å². The zero-order chi connectivity index (χ0) is 21.1. The molecule has 0 N–H and O–H groups in total. The molecule has 1 fully saturated rings. The molecule has 2 heterocycles. The van der Waals surface area contributed by atoms with E-state index < -0.39 is 0 Å². The lowest BCUT2D eigenvalue weighted by molar-refractivity contribution is 0.0746. The zero-order valence-electron chi connectivity index (χ0n) is 17.3. The molecule has 1 amide bonds. The Kier molecular flexibility index (Phi) is 5.56. The minimum atomic E-state index is 0.0517. The van der Waals surface area contributed by atoms with Crippen molar-refractivity contribution >= 4 is 22.6 Å². The summed E-state index contributed by atoms with van der Waals surface area (Å²) in [7, 11) is 4.73. The minimum Gasteiger partial charge on any atom is -0.493 e. The summed E-state index contributed by atoms with van der Waals surface area (Å²) in [4.78, 5) is 25.7. The van der Waals surface area contributed by atoms with Crippen molar-refractivity contribution in [3.63, 3.8) is 0 Å². The second-order valence-corrected chi connectivity index (χ2v) is 6.88. The van der Waals surface area contributed by atoms with Crippen LogP contribution >= 0.6 is 0 Å². The smallest absolute Gasteiger partial charge is 0.253 e. The number of carbonyl (C=O) groups is 1. The van der Waals surface area contributed by atoms with Gasteiger partial charge in [-0.15, -0.1) is 0 Å². The van der Waals surface area contributed by atoms with Crippen LogP contribution in [0.1, 0.15) is 10.4 Å². The Hall–Kier alpha value is -3.55. The number of hydrogen-bond acceptors (Lipinski definition) is 7. The summed E-state index contributed by atoms with van der Waals surface area (Å²) >= 11 is 0. The quantitative estimate of drug-likeness (QED) is 0.642. The van der Waals surface area contributed by atoms with Gasteiger partial charge >= 0.3 is 0 Å². The van der Waals surface area contributed by atoms with Crippen LogP contribution in [0.3, 0.4) is 0 Å². The molecule has 0 saturated carbocycles. The van der Waals surface area contributed by atoms with E-state index in [2.05, 4.69) is 14.9 Å². The topological polar surface area (TPSA) is 77.0 Å². The molecule has 1 saturated heterocycles. The van der Waals surface area contributed by atoms with E-state index in [1.165, 1.54) is 6.33 Å². The molecule has 0 atom stereocenters. The van der Waals surface area contributed by atoms with Gasteiger partial charge in [0, 0.05) is 31.7 Å². The van der Waals surface area contributed by atoms with Crippen LogP contribution in [0.5, 0.6) is 17.2 Å². The van der Waals surface area contributed by atoms with Crippen molar-refractivity contribution in [3.8, 4) is 17.2 Å². The zero-order valence-corrected chi connectivity index (χ0v) is 17.3. The van der Waals surface area contributed by atoms with Gasteiger partial charge in [-0.05, 0) is 18.2 Å². The standard InChI is InChI=1S/C22H24N4O4/c1-28-17-13-16-18(20(30-3)19(17)29-2)23-14-24-21(16)25-9-11-26(12-10-25)22(27)15-7-5-4-6-8-15/h4-8,13-14H,9-12H2,1-3H3. The average Bonchev–Trinajstić information content (AvgIpc) is 2.82. The van der Waals surface area contributed by atoms with Crippen molar-refractivity contribution in [2.75, 3.05) is 52.4 Å². The molecule has 0 aliphatic carbocycles. The maximum absolute atomic E-state index is 12.7. The lowest BCUT2D eigenvalue weighted by atomic mass is 10.1. The normalized spacial score (nSPS) is 14.0. The minimum absolute atomic E-state index is 0.0517. The molecule has 1 aliphatic rings. The Balaban J connectivity index is 1.62. The summed E-state index contributed by atoms with van der Waals surface area (Å²) in [6.45, 7) is 2.57. The second kappa shape index (κ2) is 8.44. The van der Waals surface area contributed by atoms with Gasteiger partial charge in [-0.3, -0.25) is 4.79 Å². The highest BCUT2D eigenvalue weighted by molar-refractivity contribution is 5.97. The summed E-state index contributed by atoms with van der Waals surface area (Å²) in [5, 5.41) is 0.815. The molecule has 0 spiro atoms. The summed E-state index contributed by atoms with van der Waals surface area (Å²) < 4.78 is 16.5. The Morgan fingerprint density at radius 1 is 0.900 bits per heavy atom. The first-order valence-electron chi connectivity index (χ1n) is 9.71. The maximum Gasteiger partial charge on any atom is 0.253 e. The fourth-order valence-electron chi connectivity index (χ4n) is 3.79. The number of piperazine rings is 1. The van der Waals surface area contributed by atoms with Crippen molar-refractivity contribution in [2.24, 2.45) is 0 Å². The number of ether oxygens (including phenoxy) is 3. The number of amides is 1. The maximum atomic E-state index is 12.7. The Labute approximate surface area is 175 Å². The molecule has 0 unspecified atom stereocenters. The van der Waals surface area contributed by atoms with Crippen molar-refractivity contribution in [3.05, 3.63) is 48.3 Å². The summed E-state index contributed by atoms with van der Waals surface area (Å²) in [5.41, 5.74) is 1.36. The van der Waals surface area contributed by atoms with Crippen molar-refractivity contribution in [1.82, 2.24) is 14.9 Å². The molecule has 30 heavy (non-hydrogen) atoms. The average molecular weight is 408 g/mol. The highest BCUT2D eigenvalue weighted by Gasteiger charge is 2.26. The molecule has 2 aromatic carbocycles. The van der Waals surface area contributed by atoms with Gasteiger partial charge in [0.25, 0.3) is 5.91 Å². The van der Waals surface area contributed by atoms with E-state index in [-0.39, 0.29) is 5.91 Å². The molecule has 3 aromatic rings. The van der Waals surface area contributed by atoms with Crippen LogP contribution in [0.4, 0.5) is 5.82 Å². The number of aromatic nitrogens is 2. The fraction of sp³-hybridized carbons (Fsp3) is 0.318. The number of benzene rings is 2. The van der Waals surface area contributed by atoms with Crippen LogP contribution < -0.4 is 19.1 Å². The number of hydrogen-bond donors (Lipinski definition) is 0. The van der Waals surface area contributed by atoms with E-state index in [0.717, 1.165) is 11.2 Å². The summed E-state index contributed by atoms with van der Waals surface area (Å²) in [6.07, 6.45) is 1.52. The molecule has 8 heteroatoms. The third-order valence-corrected chi connectivity index (χ3v) is 5.30. The number of anilines is 1. The number of fused-ring (bicyclic) bond motifs is 1. The Morgan fingerprint density at radius 3 is 2.23 bits per heavy atom. The Bertz CT molecular complexity index is 1050. The molecule has 8 nitrogen and oxygen atoms in total.